The molecule has 0 bridgehead atoms. The van der Waals surface area contributed by atoms with Crippen molar-refractivity contribution in [2.24, 2.45) is 0 Å². The molecule has 5 nitrogen and oxygen atoms in total. The van der Waals surface area contributed by atoms with E-state index in [0.29, 0.717) is 25.9 Å². The minimum atomic E-state index is -0.691. The van der Waals surface area contributed by atoms with Crippen molar-refractivity contribution in [2.75, 3.05) is 6.61 Å². The Morgan fingerprint density at radius 1 is 0.760 bits per heavy atom. The summed E-state index contributed by atoms with van der Waals surface area (Å²) in [6.07, 6.45) is 10.8. The van der Waals surface area contributed by atoms with Crippen molar-refractivity contribution in [3.05, 3.63) is 0 Å². The molecule has 0 aromatic carbocycles. The third-order valence-electron chi connectivity index (χ3n) is 4.15. The van der Waals surface area contributed by atoms with Gasteiger partial charge in [-0.2, -0.15) is 0 Å². The number of carbonyl (C=O) groups excluding carboxylic acids is 3. The topological polar surface area (TPSA) is 69.7 Å². The van der Waals surface area contributed by atoms with Crippen LogP contribution in [-0.4, -0.2) is 30.4 Å². The molecule has 0 spiro atoms. The van der Waals surface area contributed by atoms with E-state index < -0.39 is 12.1 Å². The van der Waals surface area contributed by atoms with E-state index in [9.17, 15) is 14.4 Å². The summed E-state index contributed by atoms with van der Waals surface area (Å²) < 4.78 is 10.1. The van der Waals surface area contributed by atoms with Crippen LogP contribution in [0.3, 0.4) is 0 Å². The van der Waals surface area contributed by atoms with E-state index >= 15 is 0 Å². The van der Waals surface area contributed by atoms with Gasteiger partial charge in [0.2, 0.25) is 0 Å². The molecule has 0 aromatic heterocycles. The van der Waals surface area contributed by atoms with Gasteiger partial charge in [-0.1, -0.05) is 51.9 Å². The Balaban J connectivity index is 3.41. The number of rotatable bonds is 16. The van der Waals surface area contributed by atoms with Gasteiger partial charge in [-0.15, -0.1) is 0 Å². The molecule has 1 unspecified atom stereocenters. The lowest BCUT2D eigenvalue weighted by Crippen LogP contribution is -2.21. The average Bonchev–Trinajstić information content (AvgIpc) is 2.57. The molecular formula is C20H36O5. The molecule has 1 atom stereocenters. The van der Waals surface area contributed by atoms with Gasteiger partial charge in [-0.3, -0.25) is 14.4 Å². The van der Waals surface area contributed by atoms with Crippen molar-refractivity contribution < 1.29 is 23.9 Å². The summed E-state index contributed by atoms with van der Waals surface area (Å²) in [6, 6.07) is 0. The molecule has 0 aliphatic rings. The van der Waals surface area contributed by atoms with Gasteiger partial charge in [0.1, 0.15) is 0 Å². The molecule has 0 aliphatic carbocycles. The van der Waals surface area contributed by atoms with Crippen molar-refractivity contribution in [2.45, 2.75) is 104 Å². The highest BCUT2D eigenvalue weighted by molar-refractivity contribution is 5.83. The second kappa shape index (κ2) is 16.1. The van der Waals surface area contributed by atoms with Gasteiger partial charge in [0.05, 0.1) is 6.61 Å². The van der Waals surface area contributed by atoms with Crippen LogP contribution in [0.15, 0.2) is 0 Å². The van der Waals surface area contributed by atoms with Gasteiger partial charge in [-0.25, -0.2) is 0 Å². The highest BCUT2D eigenvalue weighted by Gasteiger charge is 2.13. The SMILES string of the molecule is CCCCCCCCCCOC(=O)CCCCC(=O)OC(C)C(C)=O. The number of ether oxygens (including phenoxy) is 2. The van der Waals surface area contributed by atoms with Gasteiger partial charge in [-0.05, 0) is 33.1 Å². The maximum absolute atomic E-state index is 11.6. The van der Waals surface area contributed by atoms with Crippen molar-refractivity contribution in [1.29, 1.82) is 0 Å². The fraction of sp³-hybridized carbons (Fsp3) is 0.850. The smallest absolute Gasteiger partial charge is 0.306 e. The van der Waals surface area contributed by atoms with E-state index in [-0.39, 0.29) is 18.2 Å². The summed E-state index contributed by atoms with van der Waals surface area (Å²) in [6.45, 7) is 5.66. The normalized spacial score (nSPS) is 11.8. The summed E-state index contributed by atoms with van der Waals surface area (Å²) in [5.74, 6) is -0.763. The molecule has 0 saturated carbocycles. The Labute approximate surface area is 152 Å². The molecule has 146 valence electrons. The van der Waals surface area contributed by atoms with Crippen LogP contribution in [0.25, 0.3) is 0 Å². The first kappa shape index (κ1) is 23.6. The standard InChI is InChI=1S/C20H36O5/c1-4-5-6-7-8-9-10-13-16-24-19(22)14-11-12-15-20(23)25-18(3)17(2)21/h18H,4-16H2,1-3H3. The van der Waals surface area contributed by atoms with Crippen LogP contribution in [0.2, 0.25) is 0 Å². The summed E-state index contributed by atoms with van der Waals surface area (Å²) >= 11 is 0. The third kappa shape index (κ3) is 15.9. The Bertz CT molecular complexity index is 378. The molecule has 0 radical (unpaired) electrons. The summed E-state index contributed by atoms with van der Waals surface area (Å²) in [7, 11) is 0. The molecule has 0 N–H and O–H groups in total. The zero-order valence-corrected chi connectivity index (χ0v) is 16.3. The first-order chi connectivity index (χ1) is 12.0. The lowest BCUT2D eigenvalue weighted by molar-refractivity contribution is -0.153. The van der Waals surface area contributed by atoms with E-state index in [0.717, 1.165) is 12.8 Å². The number of hydrogen-bond acceptors (Lipinski definition) is 5. The fourth-order valence-electron chi connectivity index (χ4n) is 2.37. The van der Waals surface area contributed by atoms with Gasteiger partial charge in [0.15, 0.2) is 11.9 Å². The number of esters is 2. The van der Waals surface area contributed by atoms with E-state index in [1.165, 1.54) is 45.4 Å². The number of hydrogen-bond donors (Lipinski definition) is 0. The van der Waals surface area contributed by atoms with Crippen molar-refractivity contribution in [1.82, 2.24) is 0 Å². The maximum Gasteiger partial charge on any atom is 0.306 e. The second-order valence-corrected chi connectivity index (χ2v) is 6.65. The maximum atomic E-state index is 11.6. The third-order valence-corrected chi connectivity index (χ3v) is 4.15. The van der Waals surface area contributed by atoms with Crippen molar-refractivity contribution in [3.63, 3.8) is 0 Å². The lowest BCUT2D eigenvalue weighted by atomic mass is 10.1. The highest BCUT2D eigenvalue weighted by Crippen LogP contribution is 2.09. The van der Waals surface area contributed by atoms with Gasteiger partial charge < -0.3 is 9.47 Å². The van der Waals surface area contributed by atoms with Crippen LogP contribution < -0.4 is 0 Å². The monoisotopic (exact) mass is 356 g/mol. The molecule has 0 aromatic rings. The second-order valence-electron chi connectivity index (χ2n) is 6.65. The van der Waals surface area contributed by atoms with Crippen LogP contribution in [0.5, 0.6) is 0 Å². The minimum absolute atomic E-state index is 0.169. The molecule has 25 heavy (non-hydrogen) atoms. The van der Waals surface area contributed by atoms with Crippen LogP contribution in [-0.2, 0) is 23.9 Å². The summed E-state index contributed by atoms with van der Waals surface area (Å²) in [5.41, 5.74) is 0. The first-order valence-electron chi connectivity index (χ1n) is 9.83. The Kier molecular flexibility index (Phi) is 15.2. The van der Waals surface area contributed by atoms with E-state index in [1.54, 1.807) is 6.92 Å². The van der Waals surface area contributed by atoms with Gasteiger partial charge in [0, 0.05) is 12.8 Å². The highest BCUT2D eigenvalue weighted by atomic mass is 16.5. The molecule has 0 heterocycles. The van der Waals surface area contributed by atoms with Crippen LogP contribution in [0.4, 0.5) is 0 Å². The number of Topliss-reactive ketones (excluding diaryl/α,β-unsaturated/α-hetero) is 1. The van der Waals surface area contributed by atoms with Crippen molar-refractivity contribution >= 4 is 17.7 Å². The largest absolute Gasteiger partial charge is 0.466 e. The molecule has 0 aliphatic heterocycles. The minimum Gasteiger partial charge on any atom is -0.466 e. The Morgan fingerprint density at radius 2 is 1.28 bits per heavy atom. The lowest BCUT2D eigenvalue weighted by Gasteiger charge is -2.09. The van der Waals surface area contributed by atoms with Gasteiger partial charge >= 0.3 is 11.9 Å². The Morgan fingerprint density at radius 3 is 1.84 bits per heavy atom. The predicted octanol–water partition coefficient (Wildman–Crippen LogP) is 4.75. The molecular weight excluding hydrogens is 320 g/mol. The fourth-order valence-corrected chi connectivity index (χ4v) is 2.37. The quantitative estimate of drug-likeness (QED) is 0.295. The summed E-state index contributed by atoms with van der Waals surface area (Å²) in [4.78, 5) is 34.0. The van der Waals surface area contributed by atoms with E-state index in [4.69, 9.17) is 9.47 Å². The molecule has 0 amide bonds. The van der Waals surface area contributed by atoms with E-state index in [1.807, 2.05) is 0 Å². The first-order valence-corrected chi connectivity index (χ1v) is 9.83. The molecule has 0 fully saturated rings. The average molecular weight is 357 g/mol. The van der Waals surface area contributed by atoms with E-state index in [2.05, 4.69) is 6.92 Å². The molecule has 0 saturated heterocycles. The van der Waals surface area contributed by atoms with Crippen LogP contribution in [0, 0.1) is 0 Å². The zero-order valence-electron chi connectivity index (χ0n) is 16.3. The Hall–Kier alpha value is -1.39. The molecule has 0 rings (SSSR count). The number of ketones is 1. The summed E-state index contributed by atoms with van der Waals surface area (Å²) in [5, 5.41) is 0. The zero-order chi connectivity index (χ0) is 18.9. The molecule has 5 heteroatoms. The number of carbonyl (C=O) groups is 3. The van der Waals surface area contributed by atoms with Crippen LogP contribution >= 0.6 is 0 Å². The number of unbranched alkanes of at least 4 members (excludes halogenated alkanes) is 8. The van der Waals surface area contributed by atoms with Gasteiger partial charge in [0.25, 0.3) is 0 Å². The predicted molar refractivity (Wildman–Crippen MR) is 98.3 cm³/mol. The van der Waals surface area contributed by atoms with Crippen LogP contribution in [0.1, 0.15) is 97.8 Å². The van der Waals surface area contributed by atoms with Crippen molar-refractivity contribution in [3.8, 4) is 0 Å².